The lowest BCUT2D eigenvalue weighted by Gasteiger charge is -2.23. The summed E-state index contributed by atoms with van der Waals surface area (Å²) >= 11 is 0. The average Bonchev–Trinajstić information content (AvgIpc) is 2.94. The van der Waals surface area contributed by atoms with Crippen molar-refractivity contribution in [3.63, 3.8) is 0 Å². The molecule has 0 amide bonds. The highest BCUT2D eigenvalue weighted by molar-refractivity contribution is 5.31. The summed E-state index contributed by atoms with van der Waals surface area (Å²) in [5.41, 5.74) is 2.68. The van der Waals surface area contributed by atoms with E-state index in [0.717, 1.165) is 30.0 Å². The minimum absolute atomic E-state index is 0.210. The zero-order valence-electron chi connectivity index (χ0n) is 13.4. The third kappa shape index (κ3) is 4.11. The van der Waals surface area contributed by atoms with Crippen LogP contribution in [0.4, 0.5) is 0 Å². The molecule has 0 bridgehead atoms. The van der Waals surface area contributed by atoms with Crippen molar-refractivity contribution >= 4 is 0 Å². The van der Waals surface area contributed by atoms with E-state index >= 15 is 0 Å². The molecule has 2 rings (SSSR count). The Bertz CT molecular complexity index is 555. The van der Waals surface area contributed by atoms with E-state index in [1.54, 1.807) is 6.26 Å². The second-order valence-electron chi connectivity index (χ2n) is 6.00. The Balaban J connectivity index is 1.94. The molecule has 1 aromatic carbocycles. The summed E-state index contributed by atoms with van der Waals surface area (Å²) in [7, 11) is 1.92. The zero-order chi connectivity index (χ0) is 15.3. The standard InChI is InChI=1S/C18H25NO2/c1-5-18(2,3)15-6-8-16(9-7-15)21-13-17-10-14(11-19-4)12-20-17/h6-10,12,19H,5,11,13H2,1-4H3. The van der Waals surface area contributed by atoms with Crippen LogP contribution in [0.3, 0.4) is 0 Å². The van der Waals surface area contributed by atoms with Crippen molar-refractivity contribution < 1.29 is 9.15 Å². The van der Waals surface area contributed by atoms with Crippen molar-refractivity contribution in [2.75, 3.05) is 7.05 Å². The Morgan fingerprint density at radius 3 is 2.52 bits per heavy atom. The van der Waals surface area contributed by atoms with Gasteiger partial charge in [0.25, 0.3) is 0 Å². The van der Waals surface area contributed by atoms with Gasteiger partial charge < -0.3 is 14.5 Å². The van der Waals surface area contributed by atoms with Crippen molar-refractivity contribution in [2.24, 2.45) is 0 Å². The smallest absolute Gasteiger partial charge is 0.146 e. The molecule has 0 unspecified atom stereocenters. The van der Waals surface area contributed by atoms with Gasteiger partial charge in [0, 0.05) is 12.1 Å². The number of ether oxygens (including phenoxy) is 1. The van der Waals surface area contributed by atoms with Crippen molar-refractivity contribution in [3.05, 3.63) is 53.5 Å². The molecule has 3 nitrogen and oxygen atoms in total. The van der Waals surface area contributed by atoms with Crippen molar-refractivity contribution in [1.82, 2.24) is 5.32 Å². The molecule has 2 aromatic rings. The molecule has 114 valence electrons. The summed E-state index contributed by atoms with van der Waals surface area (Å²) in [5.74, 6) is 1.72. The van der Waals surface area contributed by atoms with Crippen LogP contribution in [0.15, 0.2) is 41.0 Å². The maximum absolute atomic E-state index is 5.77. The molecular weight excluding hydrogens is 262 g/mol. The molecule has 0 atom stereocenters. The normalized spacial score (nSPS) is 11.6. The second kappa shape index (κ2) is 6.81. The number of hydrogen-bond acceptors (Lipinski definition) is 3. The molecule has 0 aliphatic carbocycles. The first-order valence-corrected chi connectivity index (χ1v) is 7.49. The summed E-state index contributed by atoms with van der Waals surface area (Å²) in [5, 5.41) is 3.10. The van der Waals surface area contributed by atoms with E-state index in [-0.39, 0.29) is 5.41 Å². The maximum Gasteiger partial charge on any atom is 0.146 e. The predicted octanol–water partition coefficient (Wildman–Crippen LogP) is 4.27. The van der Waals surface area contributed by atoms with E-state index in [2.05, 4.69) is 38.2 Å². The van der Waals surface area contributed by atoms with Crippen LogP contribution in [-0.2, 0) is 18.6 Å². The molecule has 0 aliphatic heterocycles. The highest BCUT2D eigenvalue weighted by Gasteiger charge is 2.17. The number of rotatable bonds is 7. The lowest BCUT2D eigenvalue weighted by atomic mass is 9.82. The molecule has 0 radical (unpaired) electrons. The SMILES string of the molecule is CCC(C)(C)c1ccc(OCc2cc(CNC)co2)cc1. The fourth-order valence-corrected chi connectivity index (χ4v) is 2.16. The van der Waals surface area contributed by atoms with Gasteiger partial charge in [-0.05, 0) is 42.6 Å². The zero-order valence-corrected chi connectivity index (χ0v) is 13.4. The summed E-state index contributed by atoms with van der Waals surface area (Å²) in [6, 6.07) is 10.4. The number of nitrogens with one attached hydrogen (secondary N) is 1. The van der Waals surface area contributed by atoms with Gasteiger partial charge in [-0.15, -0.1) is 0 Å². The average molecular weight is 287 g/mol. The summed E-state index contributed by atoms with van der Waals surface area (Å²) in [6.45, 7) is 8.00. The lowest BCUT2D eigenvalue weighted by molar-refractivity contribution is 0.270. The van der Waals surface area contributed by atoms with Gasteiger partial charge in [0.05, 0.1) is 6.26 Å². The van der Waals surface area contributed by atoms with Crippen LogP contribution >= 0.6 is 0 Å². The molecular formula is C18H25NO2. The molecule has 0 saturated heterocycles. The first-order valence-electron chi connectivity index (χ1n) is 7.49. The highest BCUT2D eigenvalue weighted by Crippen LogP contribution is 2.28. The van der Waals surface area contributed by atoms with E-state index in [1.807, 2.05) is 25.2 Å². The quantitative estimate of drug-likeness (QED) is 0.826. The Hall–Kier alpha value is -1.74. The number of furan rings is 1. The van der Waals surface area contributed by atoms with Crippen molar-refractivity contribution in [3.8, 4) is 5.75 Å². The fourth-order valence-electron chi connectivity index (χ4n) is 2.16. The van der Waals surface area contributed by atoms with Gasteiger partial charge in [0.1, 0.15) is 18.1 Å². The fraction of sp³-hybridized carbons (Fsp3) is 0.444. The molecule has 0 saturated carbocycles. The molecule has 1 heterocycles. The second-order valence-corrected chi connectivity index (χ2v) is 6.00. The Labute approximate surface area is 127 Å². The van der Waals surface area contributed by atoms with E-state index in [9.17, 15) is 0 Å². The van der Waals surface area contributed by atoms with Crippen LogP contribution in [0.2, 0.25) is 0 Å². The summed E-state index contributed by atoms with van der Waals surface area (Å²) in [4.78, 5) is 0. The predicted molar refractivity (Wildman–Crippen MR) is 85.6 cm³/mol. The van der Waals surface area contributed by atoms with Gasteiger partial charge in [-0.1, -0.05) is 32.9 Å². The third-order valence-electron chi connectivity index (χ3n) is 3.99. The van der Waals surface area contributed by atoms with Crippen LogP contribution in [0.25, 0.3) is 0 Å². The first kappa shape index (κ1) is 15.6. The molecule has 1 N–H and O–H groups in total. The Morgan fingerprint density at radius 1 is 1.19 bits per heavy atom. The van der Waals surface area contributed by atoms with Gasteiger partial charge >= 0.3 is 0 Å². The number of hydrogen-bond donors (Lipinski definition) is 1. The largest absolute Gasteiger partial charge is 0.486 e. The summed E-state index contributed by atoms with van der Waals surface area (Å²) < 4.78 is 11.2. The maximum atomic E-state index is 5.77. The Morgan fingerprint density at radius 2 is 1.90 bits per heavy atom. The molecule has 0 spiro atoms. The number of benzene rings is 1. The molecule has 0 aliphatic rings. The molecule has 3 heteroatoms. The van der Waals surface area contributed by atoms with E-state index in [1.165, 1.54) is 5.56 Å². The minimum Gasteiger partial charge on any atom is -0.486 e. The van der Waals surface area contributed by atoms with Crippen LogP contribution < -0.4 is 10.1 Å². The van der Waals surface area contributed by atoms with Gasteiger partial charge in [0.2, 0.25) is 0 Å². The van der Waals surface area contributed by atoms with Crippen molar-refractivity contribution in [2.45, 2.75) is 45.8 Å². The van der Waals surface area contributed by atoms with Crippen LogP contribution in [0.1, 0.15) is 44.1 Å². The topological polar surface area (TPSA) is 34.4 Å². The van der Waals surface area contributed by atoms with E-state index in [0.29, 0.717) is 6.61 Å². The minimum atomic E-state index is 0.210. The van der Waals surface area contributed by atoms with E-state index in [4.69, 9.17) is 9.15 Å². The monoisotopic (exact) mass is 287 g/mol. The molecule has 1 aromatic heterocycles. The first-order chi connectivity index (χ1) is 10.0. The van der Waals surface area contributed by atoms with Crippen LogP contribution in [0, 0.1) is 0 Å². The molecule has 0 fully saturated rings. The lowest BCUT2D eigenvalue weighted by Crippen LogP contribution is -2.15. The van der Waals surface area contributed by atoms with Crippen molar-refractivity contribution in [1.29, 1.82) is 0 Å². The third-order valence-corrected chi connectivity index (χ3v) is 3.99. The van der Waals surface area contributed by atoms with Gasteiger partial charge in [-0.2, -0.15) is 0 Å². The summed E-state index contributed by atoms with van der Waals surface area (Å²) in [6.07, 6.45) is 2.88. The van der Waals surface area contributed by atoms with Gasteiger partial charge in [-0.25, -0.2) is 0 Å². The van der Waals surface area contributed by atoms with Gasteiger partial charge in [-0.3, -0.25) is 0 Å². The van der Waals surface area contributed by atoms with Crippen LogP contribution in [0.5, 0.6) is 5.75 Å². The van der Waals surface area contributed by atoms with E-state index < -0.39 is 0 Å². The molecule has 21 heavy (non-hydrogen) atoms. The van der Waals surface area contributed by atoms with Crippen LogP contribution in [-0.4, -0.2) is 7.05 Å². The highest BCUT2D eigenvalue weighted by atomic mass is 16.5. The Kier molecular flexibility index (Phi) is 5.07. The van der Waals surface area contributed by atoms with Gasteiger partial charge in [0.15, 0.2) is 0 Å².